The number of hydrogen-bond donors (Lipinski definition) is 1. The summed E-state index contributed by atoms with van der Waals surface area (Å²) in [6, 6.07) is 0. The molecule has 1 fully saturated rings. The van der Waals surface area contributed by atoms with Crippen molar-refractivity contribution in [1.29, 1.82) is 0 Å². The summed E-state index contributed by atoms with van der Waals surface area (Å²) < 4.78 is 0. The highest BCUT2D eigenvalue weighted by atomic mass is 16.3. The minimum Gasteiger partial charge on any atom is -0.389 e. The second kappa shape index (κ2) is 3.30. The first-order valence-electron chi connectivity index (χ1n) is 5.27. The van der Waals surface area contributed by atoms with E-state index in [0.717, 1.165) is 19.3 Å². The van der Waals surface area contributed by atoms with E-state index < -0.39 is 0 Å². The first kappa shape index (κ1) is 9.01. The third-order valence-electron chi connectivity index (χ3n) is 3.63. The molecule has 0 aliphatic heterocycles. The smallest absolute Gasteiger partial charge is 0.0724 e. The van der Waals surface area contributed by atoms with Crippen LogP contribution in [-0.2, 0) is 0 Å². The zero-order valence-corrected chi connectivity index (χ0v) is 8.13. The van der Waals surface area contributed by atoms with Gasteiger partial charge in [-0.05, 0) is 43.9 Å². The zero-order chi connectivity index (χ0) is 9.31. The van der Waals surface area contributed by atoms with E-state index >= 15 is 0 Å². The van der Waals surface area contributed by atoms with Crippen molar-refractivity contribution in [2.45, 2.75) is 44.6 Å². The molecule has 0 saturated heterocycles. The van der Waals surface area contributed by atoms with Gasteiger partial charge < -0.3 is 5.11 Å². The fourth-order valence-electron chi connectivity index (χ4n) is 2.94. The number of hydrogen-bond acceptors (Lipinski definition) is 1. The lowest BCUT2D eigenvalue weighted by molar-refractivity contribution is 0.166. The number of allylic oxidation sites excluding steroid dienone is 2. The van der Waals surface area contributed by atoms with E-state index in [-0.39, 0.29) is 6.10 Å². The number of rotatable bonds is 2. The predicted molar refractivity (Wildman–Crippen MR) is 54.4 cm³/mol. The van der Waals surface area contributed by atoms with Crippen LogP contribution in [-0.4, -0.2) is 11.2 Å². The molecule has 2 unspecified atom stereocenters. The summed E-state index contributed by atoms with van der Waals surface area (Å²) in [6.45, 7) is 3.84. The van der Waals surface area contributed by atoms with Gasteiger partial charge in [-0.2, -0.15) is 0 Å². The highest BCUT2D eigenvalue weighted by Gasteiger charge is 2.39. The molecule has 0 bridgehead atoms. The van der Waals surface area contributed by atoms with Gasteiger partial charge in [0.25, 0.3) is 0 Å². The Bertz CT molecular complexity index is 242. The molecule has 2 aliphatic rings. The molecule has 1 heteroatoms. The van der Waals surface area contributed by atoms with Crippen molar-refractivity contribution < 1.29 is 5.11 Å². The third-order valence-corrected chi connectivity index (χ3v) is 3.63. The average Bonchev–Trinajstić information content (AvgIpc) is 2.49. The van der Waals surface area contributed by atoms with E-state index in [1.807, 2.05) is 6.08 Å². The predicted octanol–water partition coefficient (Wildman–Crippen LogP) is 2.81. The summed E-state index contributed by atoms with van der Waals surface area (Å²) in [5, 5.41) is 9.54. The van der Waals surface area contributed by atoms with Crippen molar-refractivity contribution in [3.8, 4) is 0 Å². The van der Waals surface area contributed by atoms with Crippen molar-refractivity contribution in [3.05, 3.63) is 24.3 Å². The van der Waals surface area contributed by atoms with Gasteiger partial charge >= 0.3 is 0 Å². The number of aliphatic hydroxyl groups is 1. The SMILES string of the molecule is C=CCC12CCCC1=CC(O)CC2. The maximum Gasteiger partial charge on any atom is 0.0724 e. The summed E-state index contributed by atoms with van der Waals surface area (Å²) >= 11 is 0. The summed E-state index contributed by atoms with van der Waals surface area (Å²) in [4.78, 5) is 0. The van der Waals surface area contributed by atoms with E-state index in [1.54, 1.807) is 0 Å². The quantitative estimate of drug-likeness (QED) is 0.645. The Morgan fingerprint density at radius 1 is 1.62 bits per heavy atom. The van der Waals surface area contributed by atoms with Gasteiger partial charge in [0, 0.05) is 0 Å². The molecule has 1 saturated carbocycles. The van der Waals surface area contributed by atoms with Crippen LogP contribution in [0.15, 0.2) is 24.3 Å². The van der Waals surface area contributed by atoms with Crippen molar-refractivity contribution in [3.63, 3.8) is 0 Å². The Kier molecular flexibility index (Phi) is 2.29. The van der Waals surface area contributed by atoms with Crippen LogP contribution in [0.2, 0.25) is 0 Å². The molecule has 2 aliphatic carbocycles. The lowest BCUT2D eigenvalue weighted by Gasteiger charge is -2.34. The van der Waals surface area contributed by atoms with Crippen LogP contribution in [0.25, 0.3) is 0 Å². The minimum atomic E-state index is -0.175. The molecule has 0 amide bonds. The monoisotopic (exact) mass is 178 g/mol. The fraction of sp³-hybridized carbons (Fsp3) is 0.667. The molecule has 0 aromatic heterocycles. The standard InChI is InChI=1S/C12H18O/c1-2-6-12-7-3-4-10(12)9-11(13)5-8-12/h2,9,11,13H,1,3-8H2. The van der Waals surface area contributed by atoms with Gasteiger partial charge in [0.05, 0.1) is 6.10 Å². The molecule has 0 heterocycles. The number of aliphatic hydroxyl groups excluding tert-OH is 1. The Balaban J connectivity index is 2.25. The average molecular weight is 178 g/mol. The first-order valence-corrected chi connectivity index (χ1v) is 5.27. The second-order valence-corrected chi connectivity index (χ2v) is 4.42. The maximum atomic E-state index is 9.54. The van der Waals surface area contributed by atoms with Crippen LogP contribution in [0.4, 0.5) is 0 Å². The summed E-state index contributed by atoms with van der Waals surface area (Å²) in [6.07, 6.45) is 11.0. The molecule has 2 atom stereocenters. The first-order chi connectivity index (χ1) is 6.27. The Morgan fingerprint density at radius 2 is 2.46 bits per heavy atom. The zero-order valence-electron chi connectivity index (χ0n) is 8.13. The van der Waals surface area contributed by atoms with Gasteiger partial charge in [0.15, 0.2) is 0 Å². The van der Waals surface area contributed by atoms with E-state index in [2.05, 4.69) is 12.7 Å². The van der Waals surface area contributed by atoms with Crippen LogP contribution in [0.5, 0.6) is 0 Å². The van der Waals surface area contributed by atoms with Gasteiger partial charge in [0.1, 0.15) is 0 Å². The molecule has 0 aromatic carbocycles. The van der Waals surface area contributed by atoms with Crippen LogP contribution < -0.4 is 0 Å². The maximum absolute atomic E-state index is 9.54. The second-order valence-electron chi connectivity index (χ2n) is 4.42. The molecule has 1 N–H and O–H groups in total. The lowest BCUT2D eigenvalue weighted by atomic mass is 9.71. The Labute approximate surface area is 80.2 Å². The van der Waals surface area contributed by atoms with E-state index in [4.69, 9.17) is 0 Å². The van der Waals surface area contributed by atoms with Gasteiger partial charge in [-0.25, -0.2) is 0 Å². The van der Waals surface area contributed by atoms with E-state index in [0.29, 0.717) is 5.41 Å². The minimum absolute atomic E-state index is 0.175. The molecule has 0 aromatic rings. The lowest BCUT2D eigenvalue weighted by Crippen LogP contribution is -2.25. The number of fused-ring (bicyclic) bond motifs is 1. The van der Waals surface area contributed by atoms with Gasteiger partial charge in [-0.1, -0.05) is 17.7 Å². The van der Waals surface area contributed by atoms with Crippen LogP contribution in [0.1, 0.15) is 38.5 Å². The highest BCUT2D eigenvalue weighted by molar-refractivity contribution is 5.24. The summed E-state index contributed by atoms with van der Waals surface area (Å²) in [5.74, 6) is 0. The summed E-state index contributed by atoms with van der Waals surface area (Å²) in [5.41, 5.74) is 1.91. The van der Waals surface area contributed by atoms with Crippen molar-refractivity contribution in [2.24, 2.45) is 5.41 Å². The normalized spacial score (nSPS) is 38.2. The molecule has 0 radical (unpaired) electrons. The van der Waals surface area contributed by atoms with Crippen molar-refractivity contribution in [2.75, 3.05) is 0 Å². The molecule has 13 heavy (non-hydrogen) atoms. The summed E-state index contributed by atoms with van der Waals surface area (Å²) in [7, 11) is 0. The molecule has 0 spiro atoms. The van der Waals surface area contributed by atoms with Crippen LogP contribution in [0, 0.1) is 5.41 Å². The Morgan fingerprint density at radius 3 is 3.23 bits per heavy atom. The van der Waals surface area contributed by atoms with E-state index in [9.17, 15) is 5.11 Å². The third kappa shape index (κ3) is 1.46. The highest BCUT2D eigenvalue weighted by Crippen LogP contribution is 2.51. The largest absolute Gasteiger partial charge is 0.389 e. The van der Waals surface area contributed by atoms with Gasteiger partial charge in [0.2, 0.25) is 0 Å². The fourth-order valence-corrected chi connectivity index (χ4v) is 2.94. The molecule has 2 rings (SSSR count). The van der Waals surface area contributed by atoms with Gasteiger partial charge in [-0.15, -0.1) is 6.58 Å². The molecular formula is C12H18O. The van der Waals surface area contributed by atoms with Crippen molar-refractivity contribution in [1.82, 2.24) is 0 Å². The topological polar surface area (TPSA) is 20.2 Å². The van der Waals surface area contributed by atoms with E-state index in [1.165, 1.54) is 24.8 Å². The van der Waals surface area contributed by atoms with Crippen LogP contribution in [0.3, 0.4) is 0 Å². The van der Waals surface area contributed by atoms with Crippen molar-refractivity contribution >= 4 is 0 Å². The molecular weight excluding hydrogens is 160 g/mol. The van der Waals surface area contributed by atoms with Crippen LogP contribution >= 0.6 is 0 Å². The Hall–Kier alpha value is -0.560. The molecule has 72 valence electrons. The van der Waals surface area contributed by atoms with Gasteiger partial charge in [-0.3, -0.25) is 0 Å². The molecule has 1 nitrogen and oxygen atoms in total.